The summed E-state index contributed by atoms with van der Waals surface area (Å²) in [5.74, 6) is 0.129. The number of amides is 2. The normalized spacial score (nSPS) is 16.7. The summed E-state index contributed by atoms with van der Waals surface area (Å²) in [7, 11) is 1.58. The van der Waals surface area contributed by atoms with Crippen LogP contribution in [0.4, 0.5) is 5.69 Å². The van der Waals surface area contributed by atoms with E-state index in [0.29, 0.717) is 36.0 Å². The van der Waals surface area contributed by atoms with E-state index in [1.807, 2.05) is 44.2 Å². The molecule has 3 rings (SSSR count). The standard InChI is InChI=1S/C22H26ClN3O3/c1-15(2)29-20-10-9-16(13-18(20)23)22(28)26-12-11-25(14-19(26)21(27)24-3)17-7-5-4-6-8-17/h4-10,13,15,19H,11-12,14H2,1-3H3,(H,24,27). The summed E-state index contributed by atoms with van der Waals surface area (Å²) in [6.07, 6.45) is -0.0160. The number of carbonyl (C=O) groups is 2. The van der Waals surface area contributed by atoms with Gasteiger partial charge in [-0.15, -0.1) is 0 Å². The van der Waals surface area contributed by atoms with Crippen LogP contribution in [0.3, 0.4) is 0 Å². The minimum absolute atomic E-state index is 0.0160. The molecule has 2 aromatic rings. The number of nitrogens with one attached hydrogen (secondary N) is 1. The predicted molar refractivity (Wildman–Crippen MR) is 115 cm³/mol. The molecule has 1 aliphatic heterocycles. The lowest BCUT2D eigenvalue weighted by atomic mass is 10.1. The highest BCUT2D eigenvalue weighted by Gasteiger charge is 2.35. The molecule has 29 heavy (non-hydrogen) atoms. The Labute approximate surface area is 176 Å². The first kappa shape index (κ1) is 21.0. The molecule has 1 unspecified atom stereocenters. The van der Waals surface area contributed by atoms with Gasteiger partial charge in [0, 0.05) is 37.9 Å². The molecule has 7 heteroatoms. The van der Waals surface area contributed by atoms with E-state index in [9.17, 15) is 9.59 Å². The van der Waals surface area contributed by atoms with Crippen LogP contribution < -0.4 is 15.0 Å². The van der Waals surface area contributed by atoms with Crippen molar-refractivity contribution in [1.82, 2.24) is 10.2 Å². The van der Waals surface area contributed by atoms with Crippen molar-refractivity contribution in [2.24, 2.45) is 0 Å². The van der Waals surface area contributed by atoms with Crippen LogP contribution in [0.15, 0.2) is 48.5 Å². The Morgan fingerprint density at radius 1 is 1.14 bits per heavy atom. The van der Waals surface area contributed by atoms with Crippen molar-refractivity contribution in [2.45, 2.75) is 26.0 Å². The first-order valence-corrected chi connectivity index (χ1v) is 10.1. The number of anilines is 1. The van der Waals surface area contributed by atoms with Gasteiger partial charge in [0.25, 0.3) is 5.91 Å². The SMILES string of the molecule is CNC(=O)C1CN(c2ccccc2)CCN1C(=O)c1ccc(OC(C)C)c(Cl)c1. The third-order valence-electron chi connectivity index (χ3n) is 4.85. The van der Waals surface area contributed by atoms with E-state index >= 15 is 0 Å². The molecule has 0 saturated carbocycles. The summed E-state index contributed by atoms with van der Waals surface area (Å²) in [5.41, 5.74) is 1.47. The topological polar surface area (TPSA) is 61.9 Å². The number of likely N-dealkylation sites (N-methyl/N-ethyl adjacent to an activating group) is 1. The lowest BCUT2D eigenvalue weighted by molar-refractivity contribution is -0.125. The third kappa shape index (κ3) is 4.82. The van der Waals surface area contributed by atoms with Gasteiger partial charge in [-0.3, -0.25) is 9.59 Å². The maximum Gasteiger partial charge on any atom is 0.254 e. The number of piperazine rings is 1. The summed E-state index contributed by atoms with van der Waals surface area (Å²) in [5, 5.41) is 3.06. The van der Waals surface area contributed by atoms with E-state index in [4.69, 9.17) is 16.3 Å². The number of halogens is 1. The fourth-order valence-electron chi connectivity index (χ4n) is 3.44. The van der Waals surface area contributed by atoms with E-state index in [2.05, 4.69) is 10.2 Å². The zero-order valence-corrected chi connectivity index (χ0v) is 17.6. The summed E-state index contributed by atoms with van der Waals surface area (Å²) in [6, 6.07) is 14.3. The lowest BCUT2D eigenvalue weighted by Crippen LogP contribution is -2.60. The number of carbonyl (C=O) groups excluding carboxylic acids is 2. The monoisotopic (exact) mass is 415 g/mol. The average Bonchev–Trinajstić information content (AvgIpc) is 2.74. The van der Waals surface area contributed by atoms with Gasteiger partial charge < -0.3 is 19.9 Å². The predicted octanol–water partition coefficient (Wildman–Crippen LogP) is 3.20. The molecule has 0 aromatic heterocycles. The number of nitrogens with zero attached hydrogens (tertiary/aromatic N) is 2. The third-order valence-corrected chi connectivity index (χ3v) is 5.15. The molecule has 1 heterocycles. The van der Waals surface area contributed by atoms with Crippen LogP contribution in [-0.2, 0) is 4.79 Å². The second kappa shape index (κ2) is 9.18. The van der Waals surface area contributed by atoms with Crippen LogP contribution in [0.2, 0.25) is 5.02 Å². The van der Waals surface area contributed by atoms with Crippen LogP contribution in [0.5, 0.6) is 5.75 Å². The molecular weight excluding hydrogens is 390 g/mol. The zero-order valence-electron chi connectivity index (χ0n) is 16.9. The maximum atomic E-state index is 13.2. The Kier molecular flexibility index (Phi) is 6.64. The summed E-state index contributed by atoms with van der Waals surface area (Å²) in [6.45, 7) is 5.34. The number of hydrogen-bond donors (Lipinski definition) is 1. The fraction of sp³-hybridized carbons (Fsp3) is 0.364. The number of hydrogen-bond acceptors (Lipinski definition) is 4. The molecule has 1 atom stereocenters. The summed E-state index contributed by atoms with van der Waals surface area (Å²) >= 11 is 6.30. The molecule has 1 fully saturated rings. The summed E-state index contributed by atoms with van der Waals surface area (Å²) in [4.78, 5) is 29.5. The molecule has 2 amide bonds. The highest BCUT2D eigenvalue weighted by molar-refractivity contribution is 6.32. The highest BCUT2D eigenvalue weighted by atomic mass is 35.5. The number of ether oxygens (including phenoxy) is 1. The zero-order chi connectivity index (χ0) is 21.0. The van der Waals surface area contributed by atoms with Gasteiger partial charge in [-0.25, -0.2) is 0 Å². The second-order valence-corrected chi connectivity index (χ2v) is 7.63. The molecule has 0 aliphatic carbocycles. The minimum Gasteiger partial charge on any atom is -0.489 e. The molecule has 1 N–H and O–H groups in total. The lowest BCUT2D eigenvalue weighted by Gasteiger charge is -2.41. The van der Waals surface area contributed by atoms with E-state index in [-0.39, 0.29) is 17.9 Å². The van der Waals surface area contributed by atoms with Crippen molar-refractivity contribution < 1.29 is 14.3 Å². The molecule has 1 saturated heterocycles. The van der Waals surface area contributed by atoms with Crippen molar-refractivity contribution in [1.29, 1.82) is 0 Å². The Morgan fingerprint density at radius 3 is 2.48 bits per heavy atom. The number of rotatable bonds is 5. The largest absolute Gasteiger partial charge is 0.489 e. The summed E-state index contributed by atoms with van der Waals surface area (Å²) < 4.78 is 5.64. The van der Waals surface area contributed by atoms with Crippen LogP contribution in [0.25, 0.3) is 0 Å². The quantitative estimate of drug-likeness (QED) is 0.814. The van der Waals surface area contributed by atoms with Crippen LogP contribution >= 0.6 is 11.6 Å². The molecule has 6 nitrogen and oxygen atoms in total. The van der Waals surface area contributed by atoms with E-state index in [0.717, 1.165) is 5.69 Å². The van der Waals surface area contributed by atoms with Gasteiger partial charge in [-0.2, -0.15) is 0 Å². The van der Waals surface area contributed by atoms with E-state index in [1.165, 1.54) is 0 Å². The molecule has 0 bridgehead atoms. The molecule has 0 spiro atoms. The van der Waals surface area contributed by atoms with Crippen molar-refractivity contribution in [3.8, 4) is 5.75 Å². The molecule has 0 radical (unpaired) electrons. The van der Waals surface area contributed by atoms with E-state index < -0.39 is 6.04 Å². The number of benzene rings is 2. The smallest absolute Gasteiger partial charge is 0.254 e. The van der Waals surface area contributed by atoms with Gasteiger partial charge >= 0.3 is 0 Å². The second-order valence-electron chi connectivity index (χ2n) is 7.22. The Hall–Kier alpha value is -2.73. The van der Waals surface area contributed by atoms with E-state index in [1.54, 1.807) is 30.1 Å². The van der Waals surface area contributed by atoms with Crippen molar-refractivity contribution in [2.75, 3.05) is 31.6 Å². The highest BCUT2D eigenvalue weighted by Crippen LogP contribution is 2.28. The van der Waals surface area contributed by atoms with Crippen molar-refractivity contribution in [3.63, 3.8) is 0 Å². The Bertz CT molecular complexity index is 873. The maximum absolute atomic E-state index is 13.2. The van der Waals surface area contributed by atoms with Crippen molar-refractivity contribution in [3.05, 3.63) is 59.1 Å². The molecule has 1 aliphatic rings. The minimum atomic E-state index is -0.591. The molecular formula is C22H26ClN3O3. The van der Waals surface area contributed by atoms with Gasteiger partial charge in [-0.1, -0.05) is 29.8 Å². The van der Waals surface area contributed by atoms with Gasteiger partial charge in [0.1, 0.15) is 11.8 Å². The van der Waals surface area contributed by atoms with Crippen molar-refractivity contribution >= 4 is 29.1 Å². The fourth-order valence-corrected chi connectivity index (χ4v) is 3.66. The first-order chi connectivity index (χ1) is 13.9. The van der Waals surface area contributed by atoms with Crippen LogP contribution in [0.1, 0.15) is 24.2 Å². The van der Waals surface area contributed by atoms with Gasteiger partial charge in [0.05, 0.1) is 11.1 Å². The molecule has 154 valence electrons. The van der Waals surface area contributed by atoms with Gasteiger partial charge in [0.2, 0.25) is 5.91 Å². The van der Waals surface area contributed by atoms with Gasteiger partial charge in [-0.05, 0) is 44.2 Å². The van der Waals surface area contributed by atoms with Crippen LogP contribution in [-0.4, -0.2) is 55.5 Å². The average molecular weight is 416 g/mol. The Balaban J connectivity index is 1.82. The van der Waals surface area contributed by atoms with Crippen LogP contribution in [0, 0.1) is 0 Å². The Morgan fingerprint density at radius 2 is 1.86 bits per heavy atom. The number of para-hydroxylation sites is 1. The van der Waals surface area contributed by atoms with Gasteiger partial charge in [0.15, 0.2) is 0 Å². The first-order valence-electron chi connectivity index (χ1n) is 9.69. The molecule has 2 aromatic carbocycles.